The number of aromatic nitrogens is 2. The number of aromatic amines is 1. The van der Waals surface area contributed by atoms with Gasteiger partial charge in [0.25, 0.3) is 10.1 Å². The lowest BCUT2D eigenvalue weighted by molar-refractivity contribution is -0.151. The first-order valence-corrected chi connectivity index (χ1v) is 10.7. The van der Waals surface area contributed by atoms with E-state index in [0.717, 1.165) is 13.2 Å². The zero-order valence-corrected chi connectivity index (χ0v) is 18.0. The van der Waals surface area contributed by atoms with E-state index in [1.807, 2.05) is 22.6 Å². The SMILES string of the molecule is CC(=O)OC[C@H]1O[C@@H](Nc2[nH]c(=O)ncc2I)[C@H](OC(C)=O)[C@H]1OS(C)(=O)=O. The lowest BCUT2D eigenvalue weighted by Gasteiger charge is -2.23. The van der Waals surface area contributed by atoms with Crippen molar-refractivity contribution < 1.29 is 36.4 Å². The maximum Gasteiger partial charge on any atom is 0.346 e. The van der Waals surface area contributed by atoms with Crippen molar-refractivity contribution in [3.63, 3.8) is 0 Å². The van der Waals surface area contributed by atoms with E-state index in [1.165, 1.54) is 13.1 Å². The number of anilines is 1. The molecule has 0 radical (unpaired) electrons. The molecule has 0 bridgehead atoms. The fraction of sp³-hybridized carbons (Fsp3) is 0.571. The monoisotopic (exact) mass is 531 g/mol. The Balaban J connectivity index is 2.35. The fourth-order valence-electron chi connectivity index (χ4n) is 2.44. The van der Waals surface area contributed by atoms with Crippen LogP contribution in [0.3, 0.4) is 0 Å². The zero-order valence-electron chi connectivity index (χ0n) is 15.0. The number of nitrogens with zero attached hydrogens (tertiary/aromatic N) is 1. The maximum absolute atomic E-state index is 11.7. The second-order valence-corrected chi connectivity index (χ2v) is 8.56. The normalized spacial score (nSPS) is 24.6. The number of H-pyrrole nitrogens is 1. The van der Waals surface area contributed by atoms with Gasteiger partial charge in [-0.15, -0.1) is 0 Å². The molecule has 2 N–H and O–H groups in total. The lowest BCUT2D eigenvalue weighted by Crippen LogP contribution is -2.43. The summed E-state index contributed by atoms with van der Waals surface area (Å²) in [5.74, 6) is -1.11. The Morgan fingerprint density at radius 1 is 1.32 bits per heavy atom. The number of carbonyl (C=O) groups is 2. The van der Waals surface area contributed by atoms with Crippen LogP contribution in [0.2, 0.25) is 0 Å². The van der Waals surface area contributed by atoms with E-state index in [1.54, 1.807) is 0 Å². The minimum Gasteiger partial charge on any atom is -0.463 e. The molecule has 0 amide bonds. The first-order valence-electron chi connectivity index (χ1n) is 7.82. The Hall–Kier alpha value is -1.78. The third-order valence-corrected chi connectivity index (χ3v) is 4.79. The number of ether oxygens (including phenoxy) is 3. The minimum atomic E-state index is -3.97. The molecule has 14 heteroatoms. The van der Waals surface area contributed by atoms with Gasteiger partial charge in [-0.25, -0.2) is 9.78 Å². The van der Waals surface area contributed by atoms with Crippen LogP contribution in [-0.4, -0.2) is 67.7 Å². The van der Waals surface area contributed by atoms with Gasteiger partial charge in [-0.2, -0.15) is 8.42 Å². The van der Waals surface area contributed by atoms with Gasteiger partial charge in [-0.1, -0.05) is 0 Å². The summed E-state index contributed by atoms with van der Waals surface area (Å²) >= 11 is 1.90. The number of nitrogens with one attached hydrogen (secondary N) is 2. The molecule has 0 spiro atoms. The van der Waals surface area contributed by atoms with Crippen LogP contribution in [0.15, 0.2) is 11.0 Å². The largest absolute Gasteiger partial charge is 0.463 e. The van der Waals surface area contributed by atoms with Crippen molar-refractivity contribution in [1.29, 1.82) is 0 Å². The average Bonchev–Trinajstić information content (AvgIpc) is 2.84. The molecule has 1 aromatic heterocycles. The first kappa shape index (κ1) is 22.5. The van der Waals surface area contributed by atoms with Crippen LogP contribution < -0.4 is 11.0 Å². The molecular weight excluding hydrogens is 513 g/mol. The van der Waals surface area contributed by atoms with Crippen molar-refractivity contribution in [1.82, 2.24) is 9.97 Å². The Morgan fingerprint density at radius 3 is 2.57 bits per heavy atom. The number of hydrogen-bond acceptors (Lipinski definition) is 11. The highest BCUT2D eigenvalue weighted by molar-refractivity contribution is 14.1. The van der Waals surface area contributed by atoms with Gasteiger partial charge < -0.3 is 19.5 Å². The number of hydrogen-bond donors (Lipinski definition) is 2. The second kappa shape index (κ2) is 9.15. The van der Waals surface area contributed by atoms with Gasteiger partial charge in [0.1, 0.15) is 24.6 Å². The molecule has 0 aromatic carbocycles. The van der Waals surface area contributed by atoms with E-state index >= 15 is 0 Å². The molecule has 4 atom stereocenters. The number of halogens is 1. The predicted molar refractivity (Wildman–Crippen MR) is 102 cm³/mol. The molecule has 156 valence electrons. The maximum atomic E-state index is 11.7. The molecule has 2 heterocycles. The molecule has 0 unspecified atom stereocenters. The highest BCUT2D eigenvalue weighted by Crippen LogP contribution is 2.29. The molecule has 1 fully saturated rings. The quantitative estimate of drug-likeness (QED) is 0.261. The number of esters is 2. The highest BCUT2D eigenvalue weighted by atomic mass is 127. The van der Waals surface area contributed by atoms with E-state index in [4.69, 9.17) is 18.4 Å². The minimum absolute atomic E-state index is 0.217. The van der Waals surface area contributed by atoms with Crippen LogP contribution >= 0.6 is 22.6 Å². The van der Waals surface area contributed by atoms with Crippen molar-refractivity contribution in [2.75, 3.05) is 18.2 Å². The van der Waals surface area contributed by atoms with Crippen LogP contribution in [0.1, 0.15) is 13.8 Å². The van der Waals surface area contributed by atoms with Gasteiger partial charge in [0.15, 0.2) is 12.3 Å². The van der Waals surface area contributed by atoms with Crippen molar-refractivity contribution in [3.05, 3.63) is 20.3 Å². The smallest absolute Gasteiger partial charge is 0.346 e. The third kappa shape index (κ3) is 6.39. The molecule has 1 saturated heterocycles. The van der Waals surface area contributed by atoms with Gasteiger partial charge in [0.05, 0.1) is 9.83 Å². The molecular formula is C14H18IN3O9S. The Kier molecular flexibility index (Phi) is 7.35. The summed E-state index contributed by atoms with van der Waals surface area (Å²) in [6.07, 6.45) is -2.56. The molecule has 28 heavy (non-hydrogen) atoms. The summed E-state index contributed by atoms with van der Waals surface area (Å²) in [4.78, 5) is 40.1. The van der Waals surface area contributed by atoms with Crippen LogP contribution in [-0.2, 0) is 38.1 Å². The Labute approximate surface area is 173 Å². The number of rotatable bonds is 7. The third-order valence-electron chi connectivity index (χ3n) is 3.40. The van der Waals surface area contributed by atoms with E-state index in [9.17, 15) is 22.8 Å². The van der Waals surface area contributed by atoms with Crippen LogP contribution in [0.25, 0.3) is 0 Å². The molecule has 1 aromatic rings. The molecule has 2 rings (SSSR count). The highest BCUT2D eigenvalue weighted by Gasteiger charge is 2.50. The topological polar surface area (TPSA) is 163 Å². The van der Waals surface area contributed by atoms with Crippen LogP contribution in [0.4, 0.5) is 5.82 Å². The molecule has 1 aliphatic heterocycles. The van der Waals surface area contributed by atoms with Gasteiger partial charge in [0, 0.05) is 20.0 Å². The van der Waals surface area contributed by atoms with Gasteiger partial charge in [-0.3, -0.25) is 18.8 Å². The van der Waals surface area contributed by atoms with Gasteiger partial charge in [0.2, 0.25) is 0 Å². The summed E-state index contributed by atoms with van der Waals surface area (Å²) in [5, 5.41) is 2.82. The van der Waals surface area contributed by atoms with E-state index in [-0.39, 0.29) is 12.4 Å². The number of carbonyl (C=O) groups excluding carboxylic acids is 2. The second-order valence-electron chi connectivity index (χ2n) is 5.79. The van der Waals surface area contributed by atoms with E-state index in [2.05, 4.69) is 15.3 Å². The summed E-state index contributed by atoms with van der Waals surface area (Å²) < 4.78 is 44.6. The first-order chi connectivity index (χ1) is 13.0. The van der Waals surface area contributed by atoms with Gasteiger partial charge in [-0.05, 0) is 22.6 Å². The van der Waals surface area contributed by atoms with Crippen molar-refractivity contribution >= 4 is 50.5 Å². The van der Waals surface area contributed by atoms with Crippen LogP contribution in [0.5, 0.6) is 0 Å². The molecule has 1 aliphatic rings. The van der Waals surface area contributed by atoms with Crippen molar-refractivity contribution in [2.45, 2.75) is 38.4 Å². The zero-order chi connectivity index (χ0) is 21.1. The molecule has 0 aliphatic carbocycles. The summed E-state index contributed by atoms with van der Waals surface area (Å²) in [6, 6.07) is 0. The summed E-state index contributed by atoms with van der Waals surface area (Å²) in [6.45, 7) is 1.96. The van der Waals surface area contributed by atoms with Crippen molar-refractivity contribution in [2.24, 2.45) is 0 Å². The van der Waals surface area contributed by atoms with Crippen LogP contribution in [0, 0.1) is 3.57 Å². The summed E-state index contributed by atoms with van der Waals surface area (Å²) in [7, 11) is -3.97. The Morgan fingerprint density at radius 2 is 2.00 bits per heavy atom. The van der Waals surface area contributed by atoms with Crippen molar-refractivity contribution in [3.8, 4) is 0 Å². The molecule has 12 nitrogen and oxygen atoms in total. The van der Waals surface area contributed by atoms with E-state index < -0.39 is 52.3 Å². The lowest BCUT2D eigenvalue weighted by atomic mass is 10.1. The van der Waals surface area contributed by atoms with Gasteiger partial charge >= 0.3 is 17.6 Å². The van der Waals surface area contributed by atoms with E-state index in [0.29, 0.717) is 3.57 Å². The standard InChI is InChI=1S/C14H18IN3O9S/c1-6(19)24-5-9-10(27-28(3,22)23)11(25-7(2)20)13(26-9)17-12-8(15)4-16-14(21)18-12/h4,9-11,13H,5H2,1-3H3,(H2,16,17,18,21)/t9-,10+,11-,13-/m1/s1. The average molecular weight is 531 g/mol. The Bertz CT molecular complexity index is 904. The fourth-order valence-corrected chi connectivity index (χ4v) is 3.51. The molecule has 0 saturated carbocycles. The predicted octanol–water partition coefficient (Wildman–Crippen LogP) is -0.649. The summed E-state index contributed by atoms with van der Waals surface area (Å²) in [5.41, 5.74) is -0.634.